The van der Waals surface area contributed by atoms with Crippen molar-refractivity contribution in [2.75, 3.05) is 12.4 Å². The van der Waals surface area contributed by atoms with Crippen molar-refractivity contribution in [2.45, 2.75) is 13.8 Å². The summed E-state index contributed by atoms with van der Waals surface area (Å²) in [5.74, 6) is 0.740. The number of methoxy groups -OCH3 is 1. The first kappa shape index (κ1) is 18.1. The van der Waals surface area contributed by atoms with Crippen molar-refractivity contribution in [1.29, 1.82) is 0 Å². The zero-order valence-corrected chi connectivity index (χ0v) is 15.3. The topological polar surface area (TPSA) is 118 Å². The molecule has 4 N–H and O–H groups in total. The maximum Gasteiger partial charge on any atom is 0.276 e. The highest BCUT2D eigenvalue weighted by atomic mass is 16.5. The Morgan fingerprint density at radius 3 is 2.56 bits per heavy atom. The van der Waals surface area contributed by atoms with Gasteiger partial charge in [0.25, 0.3) is 5.91 Å². The summed E-state index contributed by atoms with van der Waals surface area (Å²) in [6.07, 6.45) is 0. The van der Waals surface area contributed by atoms with Crippen molar-refractivity contribution in [3.63, 3.8) is 0 Å². The summed E-state index contributed by atoms with van der Waals surface area (Å²) in [4.78, 5) is 12.6. The number of H-pyrrole nitrogens is 1. The summed E-state index contributed by atoms with van der Waals surface area (Å²) >= 11 is 0. The number of fused-ring (bicyclic) bond motifs is 1. The molecule has 0 fully saturated rings. The second kappa shape index (κ2) is 7.69. The molecule has 0 spiro atoms. The van der Waals surface area contributed by atoms with Gasteiger partial charge in [-0.05, 0) is 49.7 Å². The summed E-state index contributed by atoms with van der Waals surface area (Å²) in [6, 6.07) is 12.7. The Kier molecular flexibility index (Phi) is 5.16. The van der Waals surface area contributed by atoms with Crippen molar-refractivity contribution in [1.82, 2.24) is 10.2 Å². The van der Waals surface area contributed by atoms with Gasteiger partial charge in [-0.1, -0.05) is 12.1 Å². The van der Waals surface area contributed by atoms with Gasteiger partial charge in [0.1, 0.15) is 11.6 Å². The predicted molar refractivity (Wildman–Crippen MR) is 107 cm³/mol. The number of hydrogen-bond acceptors (Lipinski definition) is 5. The van der Waals surface area contributed by atoms with Crippen LogP contribution in [0.4, 0.5) is 5.69 Å². The molecule has 0 saturated heterocycles. The number of anilines is 1. The van der Waals surface area contributed by atoms with Crippen LogP contribution in [-0.4, -0.2) is 34.8 Å². The van der Waals surface area contributed by atoms with Gasteiger partial charge in [0.05, 0.1) is 18.3 Å². The van der Waals surface area contributed by atoms with E-state index in [0.717, 1.165) is 16.8 Å². The fraction of sp³-hybridized carbons (Fsp3) is 0.158. The molecule has 0 aliphatic heterocycles. The van der Waals surface area contributed by atoms with Crippen LogP contribution in [0.2, 0.25) is 0 Å². The zero-order valence-electron chi connectivity index (χ0n) is 15.3. The molecule has 3 aromatic rings. The highest BCUT2D eigenvalue weighted by molar-refractivity contribution is 6.11. The number of amidine groups is 1. The van der Waals surface area contributed by atoms with Crippen LogP contribution in [-0.2, 0) is 0 Å². The molecular weight excluding hydrogens is 344 g/mol. The van der Waals surface area contributed by atoms with E-state index < -0.39 is 0 Å². The Hall–Kier alpha value is -3.68. The summed E-state index contributed by atoms with van der Waals surface area (Å²) in [5, 5.41) is 18.4. The number of nitrogens with one attached hydrogen (secondary N) is 2. The van der Waals surface area contributed by atoms with E-state index in [1.165, 1.54) is 0 Å². The van der Waals surface area contributed by atoms with E-state index in [4.69, 9.17) is 10.5 Å². The van der Waals surface area contributed by atoms with Crippen molar-refractivity contribution in [3.05, 3.63) is 53.7 Å². The Labute approximate surface area is 156 Å². The smallest absolute Gasteiger partial charge is 0.276 e. The van der Waals surface area contributed by atoms with Gasteiger partial charge in [0, 0.05) is 11.1 Å². The van der Waals surface area contributed by atoms with Gasteiger partial charge in [-0.25, -0.2) is 0 Å². The van der Waals surface area contributed by atoms with Gasteiger partial charge in [-0.3, -0.25) is 9.89 Å². The lowest BCUT2D eigenvalue weighted by molar-refractivity contribution is 0.102. The Morgan fingerprint density at radius 2 is 1.89 bits per heavy atom. The van der Waals surface area contributed by atoms with Crippen molar-refractivity contribution < 1.29 is 9.53 Å². The number of carbonyl (C=O) groups is 1. The first-order chi connectivity index (χ1) is 13.0. The van der Waals surface area contributed by atoms with Crippen LogP contribution in [0.1, 0.15) is 29.9 Å². The summed E-state index contributed by atoms with van der Waals surface area (Å²) < 4.78 is 5.21. The number of nitrogens with two attached hydrogens (primary N) is 1. The van der Waals surface area contributed by atoms with E-state index in [2.05, 4.69) is 25.7 Å². The third-order valence-corrected chi connectivity index (χ3v) is 3.90. The van der Waals surface area contributed by atoms with Crippen LogP contribution in [0.15, 0.2) is 52.7 Å². The molecule has 8 heteroatoms. The highest BCUT2D eigenvalue weighted by Gasteiger charge is 2.15. The Balaban J connectivity index is 1.79. The number of carbonyl (C=O) groups excluding carboxylic acids is 1. The molecule has 0 unspecified atom stereocenters. The SMILES string of the molecule is COc1ccc2[nH]nc(C(=O)Nc3ccc(/C(C)=N/N=C(C)N)cc3)c2c1. The molecule has 27 heavy (non-hydrogen) atoms. The lowest BCUT2D eigenvalue weighted by Crippen LogP contribution is -2.13. The number of ether oxygens (including phenoxy) is 1. The Morgan fingerprint density at radius 1 is 1.15 bits per heavy atom. The van der Waals surface area contributed by atoms with Crippen molar-refractivity contribution >= 4 is 34.0 Å². The van der Waals surface area contributed by atoms with E-state index >= 15 is 0 Å². The van der Waals surface area contributed by atoms with Crippen LogP contribution in [0.5, 0.6) is 5.75 Å². The summed E-state index contributed by atoms with van der Waals surface area (Å²) in [7, 11) is 1.58. The average Bonchev–Trinajstić information content (AvgIpc) is 3.09. The van der Waals surface area contributed by atoms with Crippen molar-refractivity contribution in [2.24, 2.45) is 15.9 Å². The molecule has 2 aromatic carbocycles. The minimum Gasteiger partial charge on any atom is -0.497 e. The van der Waals surface area contributed by atoms with Crippen LogP contribution in [0.3, 0.4) is 0 Å². The van der Waals surface area contributed by atoms with Gasteiger partial charge in [-0.2, -0.15) is 10.2 Å². The minimum absolute atomic E-state index is 0.304. The molecule has 3 rings (SSSR count). The normalized spacial score (nSPS) is 12.3. The number of aromatic amines is 1. The molecular formula is C19H20N6O2. The molecule has 0 saturated carbocycles. The second-order valence-electron chi connectivity index (χ2n) is 5.94. The van der Waals surface area contributed by atoms with Gasteiger partial charge in [-0.15, -0.1) is 5.10 Å². The fourth-order valence-corrected chi connectivity index (χ4v) is 2.49. The number of aromatic nitrogens is 2. The molecule has 1 aromatic heterocycles. The predicted octanol–water partition coefficient (Wildman–Crippen LogP) is 2.92. The van der Waals surface area contributed by atoms with Gasteiger partial charge < -0.3 is 15.8 Å². The van der Waals surface area contributed by atoms with Crippen LogP contribution in [0, 0.1) is 0 Å². The van der Waals surface area contributed by atoms with Gasteiger partial charge >= 0.3 is 0 Å². The molecule has 0 atom stereocenters. The maximum atomic E-state index is 12.6. The minimum atomic E-state index is -0.309. The Bertz CT molecular complexity index is 1030. The molecule has 1 heterocycles. The lowest BCUT2D eigenvalue weighted by Gasteiger charge is -2.05. The second-order valence-corrected chi connectivity index (χ2v) is 5.94. The number of hydrogen-bond donors (Lipinski definition) is 3. The third-order valence-electron chi connectivity index (χ3n) is 3.90. The summed E-state index contributed by atoms with van der Waals surface area (Å²) in [5.41, 5.74) is 8.80. The lowest BCUT2D eigenvalue weighted by atomic mass is 10.1. The van der Waals surface area contributed by atoms with E-state index in [-0.39, 0.29) is 5.91 Å². The number of nitrogens with zero attached hydrogens (tertiary/aromatic N) is 3. The largest absolute Gasteiger partial charge is 0.497 e. The fourth-order valence-electron chi connectivity index (χ4n) is 2.49. The van der Waals surface area contributed by atoms with Crippen LogP contribution < -0.4 is 15.8 Å². The molecule has 8 nitrogen and oxygen atoms in total. The first-order valence-electron chi connectivity index (χ1n) is 8.26. The molecule has 0 bridgehead atoms. The number of benzene rings is 2. The van der Waals surface area contributed by atoms with E-state index in [1.54, 1.807) is 38.3 Å². The number of rotatable bonds is 5. The molecule has 138 valence electrons. The van der Waals surface area contributed by atoms with Crippen LogP contribution in [0.25, 0.3) is 10.9 Å². The first-order valence-corrected chi connectivity index (χ1v) is 8.26. The quantitative estimate of drug-likeness (QED) is 0.366. The summed E-state index contributed by atoms with van der Waals surface area (Å²) in [6.45, 7) is 3.51. The molecule has 1 amide bonds. The van der Waals surface area contributed by atoms with E-state index in [1.807, 2.05) is 25.1 Å². The third kappa shape index (κ3) is 4.12. The molecule has 0 radical (unpaired) electrons. The van der Waals surface area contributed by atoms with E-state index in [9.17, 15) is 4.79 Å². The van der Waals surface area contributed by atoms with Crippen molar-refractivity contribution in [3.8, 4) is 5.75 Å². The maximum absolute atomic E-state index is 12.6. The van der Waals surface area contributed by atoms with Crippen LogP contribution >= 0.6 is 0 Å². The van der Waals surface area contributed by atoms with Gasteiger partial charge in [0.15, 0.2) is 5.69 Å². The monoisotopic (exact) mass is 364 g/mol. The zero-order chi connectivity index (χ0) is 19.4. The average molecular weight is 364 g/mol. The molecule has 0 aliphatic rings. The number of amides is 1. The van der Waals surface area contributed by atoms with Gasteiger partial charge in [0.2, 0.25) is 0 Å². The standard InChI is InChI=1S/C19H20N6O2/c1-11(22-23-12(2)20)13-4-6-14(7-5-13)21-19(26)18-16-10-15(27-3)8-9-17(16)24-25-18/h4-10H,1-3H3,(H2,20,23)(H,21,26)(H,24,25)/b22-11+. The highest BCUT2D eigenvalue weighted by Crippen LogP contribution is 2.23. The molecule has 0 aliphatic carbocycles. The van der Waals surface area contributed by atoms with E-state index in [0.29, 0.717) is 28.4 Å².